The van der Waals surface area contributed by atoms with Gasteiger partial charge in [0.15, 0.2) is 0 Å². The molecule has 0 bridgehead atoms. The van der Waals surface area contributed by atoms with Crippen LogP contribution in [0.4, 0.5) is 13.2 Å². The molecule has 0 aromatic heterocycles. The van der Waals surface area contributed by atoms with Gasteiger partial charge >= 0.3 is 12.1 Å². The van der Waals surface area contributed by atoms with E-state index in [1.165, 1.54) is 0 Å². The summed E-state index contributed by atoms with van der Waals surface area (Å²) in [5, 5.41) is 12.3. The number of hydrogen-bond acceptors (Lipinski definition) is 2. The van der Waals surface area contributed by atoms with Gasteiger partial charge in [-0.2, -0.15) is 13.2 Å². The van der Waals surface area contributed by atoms with E-state index in [2.05, 4.69) is 20.8 Å². The van der Waals surface area contributed by atoms with Gasteiger partial charge in [-0.05, 0) is 98.2 Å². The molecular weight excluding hydrogens is 443 g/mol. The van der Waals surface area contributed by atoms with E-state index in [1.54, 1.807) is 0 Å². The zero-order chi connectivity index (χ0) is 24.9. The number of fused-ring (bicyclic) bond motifs is 5. The van der Waals surface area contributed by atoms with E-state index < -0.39 is 30.0 Å². The molecule has 0 aromatic carbocycles. The standard InChI is InChI=1S/C27H42F3NO3/c1-17(6-9-22(32)31-16-27(28,29)30)19-7-8-20-18-10-15-26(23(33)34)13-5-4-12-25(26,3)21(18)11-14-24(19,20)2/h17-21H,4-16H2,1-3H3,(H,31,32)(H,33,34)/t17-,18+,19-,20+,21+,24-,25-,26?/m1/s1. The summed E-state index contributed by atoms with van der Waals surface area (Å²) >= 11 is 0. The average Bonchev–Trinajstić information content (AvgIpc) is 3.12. The first-order valence-corrected chi connectivity index (χ1v) is 13.4. The number of aliphatic carboxylic acids is 1. The number of carboxylic acids is 1. The molecule has 1 amide bonds. The monoisotopic (exact) mass is 485 g/mol. The Hall–Kier alpha value is -1.27. The summed E-state index contributed by atoms with van der Waals surface area (Å²) in [6.45, 7) is 5.60. The van der Waals surface area contributed by atoms with Crippen LogP contribution < -0.4 is 5.32 Å². The molecule has 0 heterocycles. The van der Waals surface area contributed by atoms with Crippen LogP contribution >= 0.6 is 0 Å². The van der Waals surface area contributed by atoms with E-state index in [-0.39, 0.29) is 23.2 Å². The minimum Gasteiger partial charge on any atom is -0.481 e. The molecule has 4 rings (SSSR count). The number of hydrogen-bond donors (Lipinski definition) is 2. The second-order valence-electron chi connectivity index (χ2n) is 12.6. The van der Waals surface area contributed by atoms with Gasteiger partial charge < -0.3 is 10.4 Å². The number of halogens is 3. The Labute approximate surface area is 201 Å². The Morgan fingerprint density at radius 1 is 1.00 bits per heavy atom. The summed E-state index contributed by atoms with van der Waals surface area (Å²) in [5.74, 6) is 1.29. The summed E-state index contributed by atoms with van der Waals surface area (Å²) < 4.78 is 37.2. The molecule has 4 aliphatic carbocycles. The summed E-state index contributed by atoms with van der Waals surface area (Å²) in [7, 11) is 0. The summed E-state index contributed by atoms with van der Waals surface area (Å²) in [6, 6.07) is 0. The van der Waals surface area contributed by atoms with Crippen molar-refractivity contribution in [1.82, 2.24) is 5.32 Å². The number of carbonyl (C=O) groups excluding carboxylic acids is 1. The lowest BCUT2D eigenvalue weighted by molar-refractivity contribution is -0.193. The first kappa shape index (κ1) is 25.8. The number of alkyl halides is 3. The largest absolute Gasteiger partial charge is 0.481 e. The molecule has 4 fully saturated rings. The highest BCUT2D eigenvalue weighted by Crippen LogP contribution is 2.71. The van der Waals surface area contributed by atoms with Gasteiger partial charge in [0.05, 0.1) is 5.41 Å². The van der Waals surface area contributed by atoms with Crippen LogP contribution in [0, 0.1) is 45.8 Å². The molecule has 8 atom stereocenters. The van der Waals surface area contributed by atoms with Gasteiger partial charge in [-0.3, -0.25) is 9.59 Å². The molecule has 1 unspecified atom stereocenters. The van der Waals surface area contributed by atoms with Gasteiger partial charge in [-0.1, -0.05) is 33.6 Å². The van der Waals surface area contributed by atoms with Gasteiger partial charge in [-0.25, -0.2) is 0 Å². The van der Waals surface area contributed by atoms with E-state index in [4.69, 9.17) is 0 Å². The first-order valence-electron chi connectivity index (χ1n) is 13.4. The number of nitrogens with one attached hydrogen (secondary N) is 1. The average molecular weight is 486 g/mol. The predicted molar refractivity (Wildman–Crippen MR) is 124 cm³/mol. The molecule has 4 saturated carbocycles. The van der Waals surface area contributed by atoms with Crippen LogP contribution in [-0.4, -0.2) is 29.7 Å². The van der Waals surface area contributed by atoms with Gasteiger partial charge in [0.2, 0.25) is 5.91 Å². The van der Waals surface area contributed by atoms with Crippen molar-refractivity contribution in [3.63, 3.8) is 0 Å². The maximum absolute atomic E-state index is 12.6. The smallest absolute Gasteiger partial charge is 0.405 e. The van der Waals surface area contributed by atoms with Crippen molar-refractivity contribution in [3.8, 4) is 0 Å². The van der Waals surface area contributed by atoms with E-state index in [0.717, 1.165) is 64.2 Å². The van der Waals surface area contributed by atoms with Gasteiger partial charge in [0, 0.05) is 6.42 Å². The summed E-state index contributed by atoms with van der Waals surface area (Å²) in [6.07, 6.45) is 6.63. The Kier molecular flexibility index (Phi) is 6.83. The van der Waals surface area contributed by atoms with Crippen LogP contribution in [-0.2, 0) is 9.59 Å². The van der Waals surface area contributed by atoms with Crippen molar-refractivity contribution in [2.24, 2.45) is 45.8 Å². The highest BCUT2D eigenvalue weighted by Gasteiger charge is 2.66. The summed E-state index contributed by atoms with van der Waals surface area (Å²) in [4.78, 5) is 24.5. The Balaban J connectivity index is 1.44. The zero-order valence-electron chi connectivity index (χ0n) is 21.0. The molecule has 7 heteroatoms. The fourth-order valence-corrected chi connectivity index (χ4v) is 9.57. The van der Waals surface area contributed by atoms with Crippen molar-refractivity contribution in [3.05, 3.63) is 0 Å². The second-order valence-corrected chi connectivity index (χ2v) is 12.6. The molecule has 2 N–H and O–H groups in total. The summed E-state index contributed by atoms with van der Waals surface area (Å²) in [5.41, 5.74) is -0.506. The number of amides is 1. The quantitative estimate of drug-likeness (QED) is 0.446. The fourth-order valence-electron chi connectivity index (χ4n) is 9.57. The topological polar surface area (TPSA) is 66.4 Å². The van der Waals surface area contributed by atoms with Crippen molar-refractivity contribution in [2.45, 2.75) is 104 Å². The van der Waals surface area contributed by atoms with E-state index in [0.29, 0.717) is 30.1 Å². The molecule has 0 spiro atoms. The van der Waals surface area contributed by atoms with Crippen LogP contribution in [0.5, 0.6) is 0 Å². The fraction of sp³-hybridized carbons (Fsp3) is 0.926. The molecule has 34 heavy (non-hydrogen) atoms. The third-order valence-corrected chi connectivity index (χ3v) is 11.3. The van der Waals surface area contributed by atoms with Crippen molar-refractivity contribution >= 4 is 11.9 Å². The predicted octanol–water partition coefficient (Wildman–Crippen LogP) is 6.59. The molecule has 4 nitrogen and oxygen atoms in total. The number of rotatable bonds is 6. The van der Waals surface area contributed by atoms with Crippen LogP contribution in [0.15, 0.2) is 0 Å². The van der Waals surface area contributed by atoms with Gasteiger partial charge in [0.1, 0.15) is 6.54 Å². The highest BCUT2D eigenvalue weighted by atomic mass is 19.4. The molecule has 0 aromatic rings. The first-order chi connectivity index (χ1) is 15.8. The lowest BCUT2D eigenvalue weighted by atomic mass is 9.40. The van der Waals surface area contributed by atoms with Crippen LogP contribution in [0.3, 0.4) is 0 Å². The van der Waals surface area contributed by atoms with Crippen molar-refractivity contribution < 1.29 is 27.9 Å². The van der Waals surface area contributed by atoms with E-state index in [9.17, 15) is 27.9 Å². The SMILES string of the molecule is C[C@H](CCC(=O)NCC(F)(F)F)[C@H]1CC[C@H]2[C@@H]3CCC4(C(=O)O)CCCC[C@]4(C)[C@H]3CC[C@]12C. The Morgan fingerprint density at radius 3 is 2.38 bits per heavy atom. The molecule has 4 aliphatic rings. The third kappa shape index (κ3) is 4.17. The van der Waals surface area contributed by atoms with Crippen molar-refractivity contribution in [1.29, 1.82) is 0 Å². The normalized spacial score (nSPS) is 42.8. The molecular formula is C27H42F3NO3. The molecule has 0 aliphatic heterocycles. The maximum Gasteiger partial charge on any atom is 0.405 e. The van der Waals surface area contributed by atoms with Crippen LogP contribution in [0.25, 0.3) is 0 Å². The van der Waals surface area contributed by atoms with Crippen molar-refractivity contribution in [2.75, 3.05) is 6.54 Å². The van der Waals surface area contributed by atoms with E-state index in [1.807, 2.05) is 5.32 Å². The molecule has 194 valence electrons. The molecule has 0 saturated heterocycles. The second kappa shape index (κ2) is 8.99. The lowest BCUT2D eigenvalue weighted by Gasteiger charge is -2.64. The van der Waals surface area contributed by atoms with Gasteiger partial charge in [-0.15, -0.1) is 0 Å². The maximum atomic E-state index is 12.6. The van der Waals surface area contributed by atoms with E-state index >= 15 is 0 Å². The Morgan fingerprint density at radius 2 is 1.71 bits per heavy atom. The number of carboxylic acid groups (broad SMARTS) is 1. The van der Waals surface area contributed by atoms with Crippen LogP contribution in [0.2, 0.25) is 0 Å². The van der Waals surface area contributed by atoms with Gasteiger partial charge in [0.25, 0.3) is 0 Å². The lowest BCUT2D eigenvalue weighted by Crippen LogP contribution is -2.60. The minimum absolute atomic E-state index is 0.123. The third-order valence-electron chi connectivity index (χ3n) is 11.3. The Bertz CT molecular complexity index is 800. The number of carbonyl (C=O) groups is 2. The van der Waals surface area contributed by atoms with Crippen LogP contribution in [0.1, 0.15) is 97.8 Å². The minimum atomic E-state index is -4.38. The zero-order valence-corrected chi connectivity index (χ0v) is 21.0. The molecule has 0 radical (unpaired) electrons. The highest BCUT2D eigenvalue weighted by molar-refractivity contribution is 5.76.